The minimum atomic E-state index is -0.207. The number of carbonyl (C=O) groups is 1. The Morgan fingerprint density at radius 1 is 1.41 bits per heavy atom. The van der Waals surface area contributed by atoms with E-state index in [1.807, 2.05) is 11.0 Å². The van der Waals surface area contributed by atoms with Crippen LogP contribution in [0.4, 0.5) is 4.39 Å². The Hall–Kier alpha value is -1.46. The van der Waals surface area contributed by atoms with Crippen LogP contribution in [-0.4, -0.2) is 43.7 Å². The van der Waals surface area contributed by atoms with Crippen molar-refractivity contribution in [1.82, 2.24) is 10.2 Å². The van der Waals surface area contributed by atoms with E-state index in [9.17, 15) is 9.18 Å². The molecule has 0 aromatic heterocycles. The third-order valence-corrected chi connectivity index (χ3v) is 4.18. The monoisotopic (exact) mass is 308 g/mol. The molecule has 1 unspecified atom stereocenters. The summed E-state index contributed by atoms with van der Waals surface area (Å²) in [6.45, 7) is 4.61. The van der Waals surface area contributed by atoms with Crippen LogP contribution in [-0.2, 0) is 16.1 Å². The Kier molecular flexibility index (Phi) is 6.34. The van der Waals surface area contributed by atoms with E-state index in [4.69, 9.17) is 4.74 Å². The second-order valence-electron chi connectivity index (χ2n) is 5.83. The molecule has 1 aromatic rings. The number of amides is 1. The SMILES string of the molecule is COCCNCCC1CCC(=O)N1Cc1ccc(C)c(F)c1. The van der Waals surface area contributed by atoms with Crippen LogP contribution in [0, 0.1) is 12.7 Å². The Labute approximate surface area is 131 Å². The average molecular weight is 308 g/mol. The maximum Gasteiger partial charge on any atom is 0.223 e. The molecule has 0 radical (unpaired) electrons. The molecule has 1 atom stereocenters. The van der Waals surface area contributed by atoms with Crippen molar-refractivity contribution in [2.45, 2.75) is 38.8 Å². The van der Waals surface area contributed by atoms with Crippen LogP contribution < -0.4 is 5.32 Å². The molecule has 1 aliphatic rings. The third-order valence-electron chi connectivity index (χ3n) is 4.18. The zero-order chi connectivity index (χ0) is 15.9. The summed E-state index contributed by atoms with van der Waals surface area (Å²) in [5.41, 5.74) is 1.49. The molecule has 1 aromatic carbocycles. The number of aryl methyl sites for hydroxylation is 1. The molecule has 0 aliphatic carbocycles. The fourth-order valence-electron chi connectivity index (χ4n) is 2.81. The van der Waals surface area contributed by atoms with Gasteiger partial charge in [-0.3, -0.25) is 4.79 Å². The van der Waals surface area contributed by atoms with E-state index in [0.717, 1.165) is 31.5 Å². The first kappa shape index (κ1) is 16.9. The minimum Gasteiger partial charge on any atom is -0.383 e. The molecule has 1 amide bonds. The van der Waals surface area contributed by atoms with Gasteiger partial charge >= 0.3 is 0 Å². The lowest BCUT2D eigenvalue weighted by molar-refractivity contribution is -0.129. The molecular formula is C17H25FN2O2. The van der Waals surface area contributed by atoms with Gasteiger partial charge in [0.1, 0.15) is 5.82 Å². The number of benzene rings is 1. The molecule has 0 bridgehead atoms. The first-order valence-corrected chi connectivity index (χ1v) is 7.86. The van der Waals surface area contributed by atoms with E-state index in [0.29, 0.717) is 25.1 Å². The van der Waals surface area contributed by atoms with Gasteiger partial charge in [-0.05, 0) is 43.5 Å². The summed E-state index contributed by atoms with van der Waals surface area (Å²) >= 11 is 0. The van der Waals surface area contributed by atoms with Crippen LogP contribution >= 0.6 is 0 Å². The highest BCUT2D eigenvalue weighted by Gasteiger charge is 2.30. The van der Waals surface area contributed by atoms with Crippen molar-refractivity contribution < 1.29 is 13.9 Å². The van der Waals surface area contributed by atoms with Gasteiger partial charge in [0.25, 0.3) is 0 Å². The zero-order valence-corrected chi connectivity index (χ0v) is 13.4. The Morgan fingerprint density at radius 2 is 2.23 bits per heavy atom. The number of ether oxygens (including phenoxy) is 1. The molecular weight excluding hydrogens is 283 g/mol. The van der Waals surface area contributed by atoms with Crippen LogP contribution in [0.5, 0.6) is 0 Å². The van der Waals surface area contributed by atoms with Gasteiger partial charge in [0.15, 0.2) is 0 Å². The molecule has 0 saturated carbocycles. The summed E-state index contributed by atoms with van der Waals surface area (Å²) in [6.07, 6.45) is 2.40. The van der Waals surface area contributed by atoms with Crippen LogP contribution in [0.1, 0.15) is 30.4 Å². The number of nitrogens with zero attached hydrogens (tertiary/aromatic N) is 1. The molecule has 1 fully saturated rings. The summed E-state index contributed by atoms with van der Waals surface area (Å²) in [6, 6.07) is 5.45. The van der Waals surface area contributed by atoms with E-state index in [2.05, 4.69) is 5.32 Å². The van der Waals surface area contributed by atoms with Crippen LogP contribution in [0.15, 0.2) is 18.2 Å². The number of likely N-dealkylation sites (tertiary alicyclic amines) is 1. The first-order valence-electron chi connectivity index (χ1n) is 7.86. The summed E-state index contributed by atoms with van der Waals surface area (Å²) in [5.74, 6) is -0.0372. The molecule has 2 rings (SSSR count). The van der Waals surface area contributed by atoms with E-state index in [1.54, 1.807) is 20.1 Å². The third kappa shape index (κ3) is 4.52. The topological polar surface area (TPSA) is 41.6 Å². The van der Waals surface area contributed by atoms with Gasteiger partial charge in [0.2, 0.25) is 5.91 Å². The van der Waals surface area contributed by atoms with Crippen LogP contribution in [0.2, 0.25) is 0 Å². The van der Waals surface area contributed by atoms with Gasteiger partial charge in [-0.2, -0.15) is 0 Å². The molecule has 1 heterocycles. The highest BCUT2D eigenvalue weighted by Crippen LogP contribution is 2.24. The molecule has 122 valence electrons. The van der Waals surface area contributed by atoms with Crippen molar-refractivity contribution in [3.05, 3.63) is 35.1 Å². The van der Waals surface area contributed by atoms with Crippen molar-refractivity contribution >= 4 is 5.91 Å². The van der Waals surface area contributed by atoms with Crippen molar-refractivity contribution in [1.29, 1.82) is 0 Å². The number of halogens is 1. The minimum absolute atomic E-state index is 0.169. The Morgan fingerprint density at radius 3 is 2.95 bits per heavy atom. The average Bonchev–Trinajstić information content (AvgIpc) is 2.84. The zero-order valence-electron chi connectivity index (χ0n) is 13.4. The summed E-state index contributed by atoms with van der Waals surface area (Å²) in [4.78, 5) is 14.0. The smallest absolute Gasteiger partial charge is 0.223 e. The van der Waals surface area contributed by atoms with Crippen molar-refractivity contribution in [3.8, 4) is 0 Å². The number of carbonyl (C=O) groups excluding carboxylic acids is 1. The second-order valence-corrected chi connectivity index (χ2v) is 5.83. The van der Waals surface area contributed by atoms with E-state index < -0.39 is 0 Å². The molecule has 4 nitrogen and oxygen atoms in total. The van der Waals surface area contributed by atoms with E-state index in [1.165, 1.54) is 6.07 Å². The molecule has 5 heteroatoms. The van der Waals surface area contributed by atoms with Gasteiger partial charge in [0, 0.05) is 32.7 Å². The summed E-state index contributed by atoms with van der Waals surface area (Å²) in [7, 11) is 1.68. The standard InChI is InChI=1S/C17H25FN2O2/c1-13-3-4-14(11-16(13)18)12-20-15(5-6-17(20)21)7-8-19-9-10-22-2/h3-4,11,15,19H,5-10,12H2,1-2H3. The number of hydrogen-bond donors (Lipinski definition) is 1. The molecule has 1 saturated heterocycles. The second kappa shape index (κ2) is 8.25. The largest absolute Gasteiger partial charge is 0.383 e. The predicted octanol–water partition coefficient (Wildman–Crippen LogP) is 2.25. The lowest BCUT2D eigenvalue weighted by atomic mass is 10.1. The molecule has 0 spiro atoms. The first-order chi connectivity index (χ1) is 10.6. The van der Waals surface area contributed by atoms with Gasteiger partial charge in [-0.25, -0.2) is 4.39 Å². The van der Waals surface area contributed by atoms with Crippen molar-refractivity contribution in [2.24, 2.45) is 0 Å². The van der Waals surface area contributed by atoms with Crippen LogP contribution in [0.3, 0.4) is 0 Å². The highest BCUT2D eigenvalue weighted by atomic mass is 19.1. The number of nitrogens with one attached hydrogen (secondary N) is 1. The normalized spacial score (nSPS) is 18.2. The van der Waals surface area contributed by atoms with Crippen molar-refractivity contribution in [3.63, 3.8) is 0 Å². The van der Waals surface area contributed by atoms with Crippen LogP contribution in [0.25, 0.3) is 0 Å². The Bertz CT molecular complexity index is 507. The van der Waals surface area contributed by atoms with Gasteiger partial charge in [-0.15, -0.1) is 0 Å². The fraction of sp³-hybridized carbons (Fsp3) is 0.588. The maximum atomic E-state index is 13.6. The number of hydrogen-bond acceptors (Lipinski definition) is 3. The fourth-order valence-corrected chi connectivity index (χ4v) is 2.81. The highest BCUT2D eigenvalue weighted by molar-refractivity contribution is 5.78. The summed E-state index contributed by atoms with van der Waals surface area (Å²) < 4.78 is 18.6. The molecule has 1 aliphatic heterocycles. The van der Waals surface area contributed by atoms with E-state index >= 15 is 0 Å². The lowest BCUT2D eigenvalue weighted by Gasteiger charge is -2.25. The molecule has 22 heavy (non-hydrogen) atoms. The predicted molar refractivity (Wildman–Crippen MR) is 84.1 cm³/mol. The maximum absolute atomic E-state index is 13.6. The van der Waals surface area contributed by atoms with E-state index in [-0.39, 0.29) is 17.8 Å². The quantitative estimate of drug-likeness (QED) is 0.749. The van der Waals surface area contributed by atoms with Gasteiger partial charge in [0.05, 0.1) is 6.61 Å². The Balaban J connectivity index is 1.88. The van der Waals surface area contributed by atoms with Gasteiger partial charge in [-0.1, -0.05) is 12.1 Å². The van der Waals surface area contributed by atoms with Crippen molar-refractivity contribution in [2.75, 3.05) is 26.8 Å². The number of rotatable bonds is 8. The number of methoxy groups -OCH3 is 1. The molecule has 1 N–H and O–H groups in total. The van der Waals surface area contributed by atoms with Gasteiger partial charge < -0.3 is 15.0 Å². The lowest BCUT2D eigenvalue weighted by Crippen LogP contribution is -2.35. The summed E-state index contributed by atoms with van der Waals surface area (Å²) in [5, 5.41) is 3.31.